The molecule has 1 unspecified atom stereocenters. The third-order valence-corrected chi connectivity index (χ3v) is 4.82. The van der Waals surface area contributed by atoms with Gasteiger partial charge in [-0.1, -0.05) is 18.2 Å². The van der Waals surface area contributed by atoms with Gasteiger partial charge < -0.3 is 21.3 Å². The number of hydrogen-bond acceptors (Lipinski definition) is 3. The van der Waals surface area contributed by atoms with E-state index in [2.05, 4.69) is 5.32 Å². The first-order valence-electron chi connectivity index (χ1n) is 9.85. The molecule has 2 aromatic rings. The Labute approximate surface area is 187 Å². The van der Waals surface area contributed by atoms with Crippen molar-refractivity contribution >= 4 is 23.0 Å². The highest BCUT2D eigenvalue weighted by atomic mass is 19.4. The zero-order chi connectivity index (χ0) is 24.2. The van der Waals surface area contributed by atoms with Gasteiger partial charge in [0, 0.05) is 41.3 Å². The SMILES string of the molecule is CC1C=C(c2ccc(F)cc2F)C=CN1/C(=C\N)c1cccc(NC(=O)NCC(F)(F)F)c1. The van der Waals surface area contributed by atoms with E-state index >= 15 is 0 Å². The second-order valence-corrected chi connectivity index (χ2v) is 7.27. The number of rotatable bonds is 5. The standard InChI is InChI=1S/C23H21F5N4O/c1-14-9-15(19-6-5-17(24)11-20(19)25)7-8-32(14)21(12-29)16-3-2-4-18(10-16)31-22(33)30-13-23(26,27)28/h2-12,14H,13,29H2,1H3,(H2,30,31,33)/b21-12-. The van der Waals surface area contributed by atoms with Gasteiger partial charge in [-0.25, -0.2) is 13.6 Å². The smallest absolute Gasteiger partial charge is 0.403 e. The second kappa shape index (κ2) is 9.76. The summed E-state index contributed by atoms with van der Waals surface area (Å²) in [5, 5.41) is 4.08. The molecule has 2 amide bonds. The predicted octanol–water partition coefficient (Wildman–Crippen LogP) is 5.21. The van der Waals surface area contributed by atoms with Gasteiger partial charge in [0.15, 0.2) is 0 Å². The first-order valence-corrected chi connectivity index (χ1v) is 9.85. The topological polar surface area (TPSA) is 70.4 Å². The maximum Gasteiger partial charge on any atom is 0.405 e. The number of amides is 2. The summed E-state index contributed by atoms with van der Waals surface area (Å²) in [6, 6.07) is 8.51. The van der Waals surface area contributed by atoms with Crippen molar-refractivity contribution < 1.29 is 26.7 Å². The van der Waals surface area contributed by atoms with Crippen molar-refractivity contribution in [2.24, 2.45) is 5.73 Å². The summed E-state index contributed by atoms with van der Waals surface area (Å²) in [7, 11) is 0. The second-order valence-electron chi connectivity index (χ2n) is 7.27. The maximum absolute atomic E-state index is 14.2. The Morgan fingerprint density at radius 3 is 2.58 bits per heavy atom. The molecule has 5 nitrogen and oxygen atoms in total. The summed E-state index contributed by atoms with van der Waals surface area (Å²) >= 11 is 0. The van der Waals surface area contributed by atoms with E-state index < -0.39 is 30.4 Å². The molecule has 33 heavy (non-hydrogen) atoms. The molecule has 1 heterocycles. The number of nitrogens with one attached hydrogen (secondary N) is 2. The molecule has 174 valence electrons. The van der Waals surface area contributed by atoms with Crippen LogP contribution >= 0.6 is 0 Å². The Morgan fingerprint density at radius 1 is 1.18 bits per heavy atom. The number of nitrogens with zero attached hydrogens (tertiary/aromatic N) is 1. The van der Waals surface area contributed by atoms with E-state index in [1.54, 1.807) is 46.8 Å². The fourth-order valence-electron chi connectivity index (χ4n) is 3.34. The first kappa shape index (κ1) is 23.8. The van der Waals surface area contributed by atoms with Crippen LogP contribution in [-0.4, -0.2) is 29.7 Å². The van der Waals surface area contributed by atoms with Gasteiger partial charge in [-0.3, -0.25) is 0 Å². The zero-order valence-corrected chi connectivity index (χ0v) is 17.5. The van der Waals surface area contributed by atoms with E-state index in [1.165, 1.54) is 24.4 Å². The van der Waals surface area contributed by atoms with E-state index in [4.69, 9.17) is 5.73 Å². The van der Waals surface area contributed by atoms with Gasteiger partial charge >= 0.3 is 12.2 Å². The number of carbonyl (C=O) groups is 1. The molecule has 0 fully saturated rings. The summed E-state index contributed by atoms with van der Waals surface area (Å²) in [5.74, 6) is -1.34. The van der Waals surface area contributed by atoms with Crippen LogP contribution in [0.5, 0.6) is 0 Å². The van der Waals surface area contributed by atoms with Gasteiger partial charge in [0.05, 0.1) is 5.70 Å². The average Bonchev–Trinajstić information content (AvgIpc) is 2.74. The summed E-state index contributed by atoms with van der Waals surface area (Å²) in [6.45, 7) is 0.396. The highest BCUT2D eigenvalue weighted by Gasteiger charge is 2.27. The molecule has 0 saturated heterocycles. The highest BCUT2D eigenvalue weighted by molar-refractivity contribution is 5.90. The predicted molar refractivity (Wildman–Crippen MR) is 116 cm³/mol. The lowest BCUT2D eigenvalue weighted by Crippen LogP contribution is -2.36. The van der Waals surface area contributed by atoms with E-state index in [0.717, 1.165) is 6.07 Å². The molecule has 0 aromatic heterocycles. The van der Waals surface area contributed by atoms with E-state index in [0.29, 0.717) is 16.8 Å². The highest BCUT2D eigenvalue weighted by Crippen LogP contribution is 2.31. The lowest BCUT2D eigenvalue weighted by Gasteiger charge is -2.32. The summed E-state index contributed by atoms with van der Waals surface area (Å²) in [6.07, 6.45) is 1.96. The molecular formula is C23H21F5N4O. The lowest BCUT2D eigenvalue weighted by atomic mass is 9.98. The minimum Gasteiger partial charge on any atom is -0.403 e. The average molecular weight is 464 g/mol. The Kier molecular flexibility index (Phi) is 7.05. The van der Waals surface area contributed by atoms with Crippen LogP contribution < -0.4 is 16.4 Å². The van der Waals surface area contributed by atoms with Crippen molar-refractivity contribution in [3.63, 3.8) is 0 Å². The van der Waals surface area contributed by atoms with Crippen molar-refractivity contribution in [3.8, 4) is 0 Å². The van der Waals surface area contributed by atoms with Crippen LogP contribution in [0.15, 0.2) is 67.0 Å². The normalized spacial score (nSPS) is 16.4. The van der Waals surface area contributed by atoms with Crippen LogP contribution in [0.1, 0.15) is 18.1 Å². The molecule has 0 bridgehead atoms. The van der Waals surface area contributed by atoms with Crippen LogP contribution in [0, 0.1) is 11.6 Å². The number of benzene rings is 2. The number of halogens is 5. The fraction of sp³-hybridized carbons (Fsp3) is 0.174. The molecule has 1 aliphatic rings. The third kappa shape index (κ3) is 6.12. The quantitative estimate of drug-likeness (QED) is 0.533. The number of allylic oxidation sites excluding steroid dienone is 2. The molecule has 10 heteroatoms. The van der Waals surface area contributed by atoms with Crippen LogP contribution in [0.25, 0.3) is 11.3 Å². The van der Waals surface area contributed by atoms with Crippen LogP contribution in [0.4, 0.5) is 32.4 Å². The lowest BCUT2D eigenvalue weighted by molar-refractivity contribution is -0.122. The summed E-state index contributed by atoms with van der Waals surface area (Å²) in [4.78, 5) is 13.5. The number of urea groups is 1. The summed E-state index contributed by atoms with van der Waals surface area (Å²) in [5.41, 5.74) is 8.09. The Morgan fingerprint density at radius 2 is 1.94 bits per heavy atom. The first-order chi connectivity index (χ1) is 15.6. The largest absolute Gasteiger partial charge is 0.405 e. The monoisotopic (exact) mass is 464 g/mol. The van der Waals surface area contributed by atoms with Crippen molar-refractivity contribution in [2.45, 2.75) is 19.1 Å². The molecule has 1 atom stereocenters. The molecule has 4 N–H and O–H groups in total. The van der Waals surface area contributed by atoms with E-state index in [9.17, 15) is 26.7 Å². The van der Waals surface area contributed by atoms with Crippen molar-refractivity contribution in [3.05, 3.63) is 89.8 Å². The molecule has 0 saturated carbocycles. The van der Waals surface area contributed by atoms with Crippen LogP contribution in [-0.2, 0) is 0 Å². The fourth-order valence-corrected chi connectivity index (χ4v) is 3.34. The molecule has 1 aliphatic heterocycles. The number of alkyl halides is 3. The third-order valence-electron chi connectivity index (χ3n) is 4.82. The van der Waals surface area contributed by atoms with Crippen molar-refractivity contribution in [1.29, 1.82) is 0 Å². The Balaban J connectivity index is 1.76. The van der Waals surface area contributed by atoms with Gasteiger partial charge in [0.2, 0.25) is 0 Å². The zero-order valence-electron chi connectivity index (χ0n) is 17.5. The number of hydrogen-bond donors (Lipinski definition) is 3. The van der Waals surface area contributed by atoms with Gasteiger partial charge in [-0.15, -0.1) is 0 Å². The molecule has 0 spiro atoms. The van der Waals surface area contributed by atoms with Crippen LogP contribution in [0.3, 0.4) is 0 Å². The number of carbonyl (C=O) groups excluding carboxylic acids is 1. The van der Waals surface area contributed by atoms with E-state index in [1.807, 2.05) is 6.92 Å². The molecule has 2 aromatic carbocycles. The maximum atomic E-state index is 14.2. The Hall–Kier alpha value is -3.82. The number of anilines is 1. The molecular weight excluding hydrogens is 443 g/mol. The molecule has 0 radical (unpaired) electrons. The summed E-state index contributed by atoms with van der Waals surface area (Å²) < 4.78 is 64.2. The van der Waals surface area contributed by atoms with Gasteiger partial charge in [0.25, 0.3) is 0 Å². The van der Waals surface area contributed by atoms with Crippen molar-refractivity contribution in [1.82, 2.24) is 10.2 Å². The minimum atomic E-state index is -4.52. The molecule has 3 rings (SSSR count). The number of nitrogens with two attached hydrogens (primary N) is 1. The molecule has 0 aliphatic carbocycles. The van der Waals surface area contributed by atoms with Gasteiger partial charge in [-0.2, -0.15) is 13.2 Å². The minimum absolute atomic E-state index is 0.258. The van der Waals surface area contributed by atoms with Crippen molar-refractivity contribution in [2.75, 3.05) is 11.9 Å². The Bertz CT molecular complexity index is 1120. The van der Waals surface area contributed by atoms with Gasteiger partial charge in [-0.05, 0) is 42.8 Å². The van der Waals surface area contributed by atoms with Crippen LogP contribution in [0.2, 0.25) is 0 Å². The van der Waals surface area contributed by atoms with E-state index in [-0.39, 0.29) is 17.3 Å². The van der Waals surface area contributed by atoms with Gasteiger partial charge in [0.1, 0.15) is 18.2 Å².